The Kier molecular flexibility index (Phi) is 5.50. The first-order valence-electron chi connectivity index (χ1n) is 9.18. The summed E-state index contributed by atoms with van der Waals surface area (Å²) in [4.78, 5) is 34.2. The Balaban J connectivity index is 1.41. The molecule has 0 saturated heterocycles. The maximum Gasteiger partial charge on any atom is 0.259 e. The minimum atomic E-state index is -0.387. The van der Waals surface area contributed by atoms with Crippen LogP contribution in [0.4, 0.5) is 10.1 Å². The van der Waals surface area contributed by atoms with Crippen molar-refractivity contribution in [3.8, 4) is 0 Å². The summed E-state index contributed by atoms with van der Waals surface area (Å²) in [5.41, 5.74) is 2.37. The number of carbonyl (C=O) groups is 1. The number of halogens is 1. The van der Waals surface area contributed by atoms with Crippen molar-refractivity contribution >= 4 is 44.9 Å². The molecule has 5 nitrogen and oxygen atoms in total. The molecule has 0 atom stereocenters. The van der Waals surface area contributed by atoms with Crippen LogP contribution >= 0.6 is 23.1 Å². The number of aromatic nitrogens is 2. The normalized spacial score (nSPS) is 13.5. The van der Waals surface area contributed by atoms with Crippen LogP contribution in [-0.4, -0.2) is 21.6 Å². The van der Waals surface area contributed by atoms with Gasteiger partial charge in [-0.3, -0.25) is 9.59 Å². The Morgan fingerprint density at radius 2 is 2.18 bits per heavy atom. The van der Waals surface area contributed by atoms with Crippen LogP contribution in [0.3, 0.4) is 0 Å². The molecule has 4 rings (SSSR count). The Morgan fingerprint density at radius 3 is 3.04 bits per heavy atom. The minimum absolute atomic E-state index is 0.0835. The summed E-state index contributed by atoms with van der Waals surface area (Å²) in [7, 11) is 0. The van der Waals surface area contributed by atoms with Gasteiger partial charge in [-0.25, -0.2) is 9.37 Å². The number of benzene rings is 1. The number of rotatable bonds is 5. The Morgan fingerprint density at radius 1 is 1.36 bits per heavy atom. The first kappa shape index (κ1) is 19.1. The number of aryl methyl sites for hydroxylation is 3. The number of nitrogens with zero attached hydrogens (tertiary/aromatic N) is 1. The highest BCUT2D eigenvalue weighted by Crippen LogP contribution is 2.33. The number of thioether (sulfide) groups is 1. The van der Waals surface area contributed by atoms with Crippen molar-refractivity contribution in [3.63, 3.8) is 0 Å². The van der Waals surface area contributed by atoms with E-state index in [1.807, 2.05) is 6.92 Å². The van der Waals surface area contributed by atoms with Crippen LogP contribution in [-0.2, 0) is 23.4 Å². The molecule has 2 heterocycles. The van der Waals surface area contributed by atoms with Gasteiger partial charge in [-0.05, 0) is 55.9 Å². The second-order valence-electron chi connectivity index (χ2n) is 6.90. The molecule has 1 aliphatic rings. The maximum atomic E-state index is 13.3. The minimum Gasteiger partial charge on any atom is -0.325 e. The van der Waals surface area contributed by atoms with E-state index in [0.717, 1.165) is 35.0 Å². The lowest BCUT2D eigenvalue weighted by atomic mass is 9.97. The van der Waals surface area contributed by atoms with E-state index in [1.165, 1.54) is 40.8 Å². The highest BCUT2D eigenvalue weighted by atomic mass is 32.2. The maximum absolute atomic E-state index is 13.3. The molecule has 1 aliphatic carbocycles. The summed E-state index contributed by atoms with van der Waals surface area (Å²) in [5.74, 6) is 0.605. The number of hydrogen-bond donors (Lipinski definition) is 2. The van der Waals surface area contributed by atoms with Crippen molar-refractivity contribution in [1.82, 2.24) is 9.97 Å². The third-order valence-corrected chi connectivity index (χ3v) is 6.95. The van der Waals surface area contributed by atoms with Gasteiger partial charge in [0.2, 0.25) is 5.91 Å². The Hall–Kier alpha value is -2.19. The fourth-order valence-corrected chi connectivity index (χ4v) is 5.40. The molecule has 1 aromatic carbocycles. The summed E-state index contributed by atoms with van der Waals surface area (Å²) in [6.45, 7) is 1.81. The molecule has 2 N–H and O–H groups in total. The molecule has 0 aliphatic heterocycles. The Labute approximate surface area is 169 Å². The van der Waals surface area contributed by atoms with E-state index in [-0.39, 0.29) is 23.0 Å². The van der Waals surface area contributed by atoms with E-state index in [9.17, 15) is 14.0 Å². The lowest BCUT2D eigenvalue weighted by molar-refractivity contribution is -0.113. The van der Waals surface area contributed by atoms with E-state index in [2.05, 4.69) is 15.3 Å². The van der Waals surface area contributed by atoms with Gasteiger partial charge in [-0.2, -0.15) is 0 Å². The summed E-state index contributed by atoms with van der Waals surface area (Å²) in [6, 6.07) is 4.30. The second kappa shape index (κ2) is 8.05. The zero-order valence-electron chi connectivity index (χ0n) is 15.4. The van der Waals surface area contributed by atoms with Crippen LogP contribution in [0.15, 0.2) is 23.0 Å². The van der Waals surface area contributed by atoms with Crippen LogP contribution in [0.1, 0.15) is 34.7 Å². The summed E-state index contributed by atoms with van der Waals surface area (Å²) < 4.78 is 13.3. The first-order valence-corrected chi connectivity index (χ1v) is 11.2. The van der Waals surface area contributed by atoms with Crippen LogP contribution < -0.4 is 10.9 Å². The van der Waals surface area contributed by atoms with Gasteiger partial charge in [0.25, 0.3) is 5.56 Å². The van der Waals surface area contributed by atoms with Crippen LogP contribution in [0.5, 0.6) is 0 Å². The standard InChI is InChI=1S/C20H20FN3O2S2/c1-11-6-7-12(21)8-14(11)22-17(25)10-27-9-16-23-19(26)18-13-4-2-3-5-15(13)28-20(18)24-16/h6-8H,2-5,9-10H2,1H3,(H,22,25)(H,23,24,26). The number of aromatic amines is 1. The van der Waals surface area contributed by atoms with E-state index >= 15 is 0 Å². The summed E-state index contributed by atoms with van der Waals surface area (Å²) >= 11 is 2.98. The highest BCUT2D eigenvalue weighted by Gasteiger charge is 2.19. The fourth-order valence-electron chi connectivity index (χ4n) is 3.43. The number of hydrogen-bond acceptors (Lipinski definition) is 5. The molecule has 0 bridgehead atoms. The van der Waals surface area contributed by atoms with Crippen molar-refractivity contribution in [3.05, 3.63) is 56.2 Å². The smallest absolute Gasteiger partial charge is 0.259 e. The average Bonchev–Trinajstić information content (AvgIpc) is 3.03. The van der Waals surface area contributed by atoms with Gasteiger partial charge in [-0.15, -0.1) is 23.1 Å². The second-order valence-corrected chi connectivity index (χ2v) is 8.97. The number of nitrogens with one attached hydrogen (secondary N) is 2. The topological polar surface area (TPSA) is 74.8 Å². The molecule has 0 saturated carbocycles. The number of amides is 1. The van der Waals surface area contributed by atoms with Gasteiger partial charge in [0, 0.05) is 10.6 Å². The zero-order valence-corrected chi connectivity index (χ0v) is 17.1. The molecule has 3 aromatic rings. The third kappa shape index (κ3) is 3.98. The van der Waals surface area contributed by atoms with Crippen molar-refractivity contribution in [2.75, 3.05) is 11.1 Å². The molecule has 2 aromatic heterocycles. The average molecular weight is 418 g/mol. The van der Waals surface area contributed by atoms with Crippen LogP contribution in [0.25, 0.3) is 10.2 Å². The molecule has 146 valence electrons. The lowest BCUT2D eigenvalue weighted by Crippen LogP contribution is -2.16. The van der Waals surface area contributed by atoms with E-state index in [1.54, 1.807) is 17.4 Å². The molecule has 0 unspecified atom stereocenters. The number of thiophene rings is 1. The van der Waals surface area contributed by atoms with E-state index in [0.29, 0.717) is 17.3 Å². The molecule has 0 radical (unpaired) electrons. The van der Waals surface area contributed by atoms with Gasteiger partial charge in [0.05, 0.1) is 16.9 Å². The van der Waals surface area contributed by atoms with E-state index in [4.69, 9.17) is 0 Å². The van der Waals surface area contributed by atoms with Gasteiger partial charge in [-0.1, -0.05) is 6.07 Å². The van der Waals surface area contributed by atoms with Gasteiger partial charge in [0.15, 0.2) is 0 Å². The van der Waals surface area contributed by atoms with Crippen molar-refractivity contribution in [2.45, 2.75) is 38.4 Å². The molecule has 8 heteroatoms. The molecule has 28 heavy (non-hydrogen) atoms. The van der Waals surface area contributed by atoms with Crippen molar-refractivity contribution < 1.29 is 9.18 Å². The number of fused-ring (bicyclic) bond motifs is 3. The molecular formula is C20H20FN3O2S2. The van der Waals surface area contributed by atoms with E-state index < -0.39 is 0 Å². The molecule has 0 fully saturated rings. The SMILES string of the molecule is Cc1ccc(F)cc1NC(=O)CSCc1nc2sc3c(c2c(=O)[nH]1)CCCC3. The first-order chi connectivity index (χ1) is 13.5. The van der Waals surface area contributed by atoms with Gasteiger partial charge < -0.3 is 10.3 Å². The van der Waals surface area contributed by atoms with Crippen molar-refractivity contribution in [1.29, 1.82) is 0 Å². The summed E-state index contributed by atoms with van der Waals surface area (Å²) in [5, 5.41) is 3.46. The van der Waals surface area contributed by atoms with Gasteiger partial charge in [0.1, 0.15) is 16.5 Å². The monoisotopic (exact) mass is 417 g/mol. The largest absolute Gasteiger partial charge is 0.325 e. The quantitative estimate of drug-likeness (QED) is 0.653. The zero-order chi connectivity index (χ0) is 19.7. The molecule has 0 spiro atoms. The number of H-pyrrole nitrogens is 1. The summed E-state index contributed by atoms with van der Waals surface area (Å²) in [6.07, 6.45) is 4.27. The predicted molar refractivity (Wildman–Crippen MR) is 113 cm³/mol. The van der Waals surface area contributed by atoms with Crippen LogP contribution in [0, 0.1) is 12.7 Å². The van der Waals surface area contributed by atoms with Crippen LogP contribution in [0.2, 0.25) is 0 Å². The number of carbonyl (C=O) groups excluding carboxylic acids is 1. The molecule has 1 amide bonds. The fraction of sp³-hybridized carbons (Fsp3) is 0.350. The lowest BCUT2D eigenvalue weighted by Gasteiger charge is -2.09. The van der Waals surface area contributed by atoms with Crippen molar-refractivity contribution in [2.24, 2.45) is 0 Å². The third-order valence-electron chi connectivity index (χ3n) is 4.82. The highest BCUT2D eigenvalue weighted by molar-refractivity contribution is 7.99. The van der Waals surface area contributed by atoms with Gasteiger partial charge >= 0.3 is 0 Å². The predicted octanol–water partition coefficient (Wildman–Crippen LogP) is 4.18. The Bertz CT molecular complexity index is 1110. The number of anilines is 1. The molecular weight excluding hydrogens is 397 g/mol.